The van der Waals surface area contributed by atoms with E-state index >= 15 is 0 Å². The van der Waals surface area contributed by atoms with Gasteiger partial charge < -0.3 is 14.4 Å². The largest absolute Gasteiger partial charge is 0.494 e. The number of aromatic nitrogens is 3. The first kappa shape index (κ1) is 16.3. The van der Waals surface area contributed by atoms with E-state index in [0.717, 1.165) is 11.4 Å². The average Bonchev–Trinajstić information content (AvgIpc) is 2.85. The van der Waals surface area contributed by atoms with Gasteiger partial charge in [-0.1, -0.05) is 17.7 Å². The summed E-state index contributed by atoms with van der Waals surface area (Å²) in [6.07, 6.45) is 0. The summed E-state index contributed by atoms with van der Waals surface area (Å²) in [6.45, 7) is 4.78. The highest BCUT2D eigenvalue weighted by Gasteiger charge is 2.14. The Kier molecular flexibility index (Phi) is 4.40. The molecule has 0 atom stereocenters. The molecule has 2 heterocycles. The number of ether oxygens (including phenoxy) is 1. The van der Waals surface area contributed by atoms with E-state index in [0.29, 0.717) is 35.1 Å². The van der Waals surface area contributed by atoms with Crippen LogP contribution in [0.2, 0.25) is 5.02 Å². The predicted octanol–water partition coefficient (Wildman–Crippen LogP) is 3.54. The van der Waals surface area contributed by atoms with Crippen molar-refractivity contribution in [2.45, 2.75) is 20.4 Å². The number of halogens is 1. The quantitative estimate of drug-likeness (QED) is 0.765. The normalized spacial score (nSPS) is 11.0. The molecule has 124 valence electrons. The van der Waals surface area contributed by atoms with E-state index < -0.39 is 5.97 Å². The van der Waals surface area contributed by atoms with E-state index in [1.807, 2.05) is 30.5 Å². The van der Waals surface area contributed by atoms with Crippen LogP contribution in [-0.2, 0) is 6.54 Å². The molecule has 0 aliphatic rings. The number of imidazole rings is 1. The van der Waals surface area contributed by atoms with Crippen molar-refractivity contribution in [3.63, 3.8) is 0 Å². The number of carboxylic acid groups (broad SMARTS) is 1. The van der Waals surface area contributed by atoms with Crippen molar-refractivity contribution in [3.05, 3.63) is 52.4 Å². The summed E-state index contributed by atoms with van der Waals surface area (Å²) in [4.78, 5) is 19.8. The summed E-state index contributed by atoms with van der Waals surface area (Å²) < 4.78 is 7.28. The molecule has 0 aliphatic heterocycles. The lowest BCUT2D eigenvalue weighted by molar-refractivity contribution is 0.0691. The minimum absolute atomic E-state index is 0.0126. The zero-order chi connectivity index (χ0) is 17.3. The first-order chi connectivity index (χ1) is 11.5. The molecule has 0 bridgehead atoms. The fourth-order valence-electron chi connectivity index (χ4n) is 2.51. The Hall–Kier alpha value is -2.60. The lowest BCUT2D eigenvalue weighted by atomic mass is 10.2. The smallest absolute Gasteiger partial charge is 0.354 e. The van der Waals surface area contributed by atoms with Crippen LogP contribution in [0.25, 0.3) is 11.2 Å². The standard InChI is InChI=1S/C17H16ClN3O3/c1-3-24-12-5-4-11(13(18)8-12)9-21-10(2)19-14-6-7-15(17(22)23)20-16(14)21/h4-8H,3,9H2,1-2H3,(H,22,23). The van der Waals surface area contributed by atoms with Crippen LogP contribution < -0.4 is 4.74 Å². The van der Waals surface area contributed by atoms with E-state index in [1.165, 1.54) is 6.07 Å². The first-order valence-electron chi connectivity index (χ1n) is 7.48. The van der Waals surface area contributed by atoms with Gasteiger partial charge in [0.1, 0.15) is 17.1 Å². The van der Waals surface area contributed by atoms with Gasteiger partial charge in [-0.15, -0.1) is 0 Å². The van der Waals surface area contributed by atoms with Crippen LogP contribution >= 0.6 is 11.6 Å². The molecule has 0 spiro atoms. The number of nitrogens with zero attached hydrogens (tertiary/aromatic N) is 3. The van der Waals surface area contributed by atoms with Gasteiger partial charge in [-0.2, -0.15) is 0 Å². The minimum Gasteiger partial charge on any atom is -0.494 e. The summed E-state index contributed by atoms with van der Waals surface area (Å²) >= 11 is 6.34. The van der Waals surface area contributed by atoms with Gasteiger partial charge in [0.15, 0.2) is 11.3 Å². The number of fused-ring (bicyclic) bond motifs is 1. The summed E-state index contributed by atoms with van der Waals surface area (Å²) in [6, 6.07) is 8.63. The molecular formula is C17H16ClN3O3. The van der Waals surface area contributed by atoms with Crippen molar-refractivity contribution in [2.24, 2.45) is 0 Å². The number of carbonyl (C=O) groups is 1. The summed E-state index contributed by atoms with van der Waals surface area (Å²) in [7, 11) is 0. The highest BCUT2D eigenvalue weighted by molar-refractivity contribution is 6.31. The Morgan fingerprint density at radius 1 is 1.29 bits per heavy atom. The van der Waals surface area contributed by atoms with Crippen LogP contribution in [0.15, 0.2) is 30.3 Å². The summed E-state index contributed by atoms with van der Waals surface area (Å²) in [5.74, 6) is 0.385. The van der Waals surface area contributed by atoms with Crippen LogP contribution in [0.4, 0.5) is 0 Å². The molecule has 1 N–H and O–H groups in total. The zero-order valence-electron chi connectivity index (χ0n) is 13.3. The second-order valence-electron chi connectivity index (χ2n) is 5.28. The number of pyridine rings is 1. The monoisotopic (exact) mass is 345 g/mol. The fourth-order valence-corrected chi connectivity index (χ4v) is 2.74. The van der Waals surface area contributed by atoms with Crippen molar-refractivity contribution in [1.82, 2.24) is 14.5 Å². The fraction of sp³-hybridized carbons (Fsp3) is 0.235. The molecule has 0 radical (unpaired) electrons. The van der Waals surface area contributed by atoms with Gasteiger partial charge >= 0.3 is 5.97 Å². The third-order valence-electron chi connectivity index (χ3n) is 3.67. The maximum atomic E-state index is 11.1. The molecule has 3 aromatic rings. The van der Waals surface area contributed by atoms with Crippen molar-refractivity contribution in [2.75, 3.05) is 6.61 Å². The molecule has 0 amide bonds. The number of rotatable bonds is 5. The maximum absolute atomic E-state index is 11.1. The number of benzene rings is 1. The molecular weight excluding hydrogens is 330 g/mol. The lowest BCUT2D eigenvalue weighted by Crippen LogP contribution is -2.06. The number of aryl methyl sites for hydroxylation is 1. The first-order valence-corrected chi connectivity index (χ1v) is 7.85. The van der Waals surface area contributed by atoms with Crippen LogP contribution in [-0.4, -0.2) is 32.2 Å². The maximum Gasteiger partial charge on any atom is 0.354 e. The molecule has 0 unspecified atom stereocenters. The SMILES string of the molecule is CCOc1ccc(Cn2c(C)nc3ccc(C(=O)O)nc32)c(Cl)c1. The van der Waals surface area contributed by atoms with Gasteiger partial charge in [-0.05, 0) is 43.7 Å². The second kappa shape index (κ2) is 6.49. The number of hydrogen-bond donors (Lipinski definition) is 1. The van der Waals surface area contributed by atoms with Gasteiger partial charge in [0.25, 0.3) is 0 Å². The van der Waals surface area contributed by atoms with Crippen molar-refractivity contribution >= 4 is 28.7 Å². The van der Waals surface area contributed by atoms with Crippen molar-refractivity contribution in [1.29, 1.82) is 0 Å². The Labute approximate surface area is 143 Å². The second-order valence-corrected chi connectivity index (χ2v) is 5.68. The summed E-state index contributed by atoms with van der Waals surface area (Å²) in [5.41, 5.74) is 2.04. The van der Waals surface area contributed by atoms with E-state index in [-0.39, 0.29) is 5.69 Å². The molecule has 0 saturated heterocycles. The number of hydrogen-bond acceptors (Lipinski definition) is 4. The molecule has 0 aliphatic carbocycles. The molecule has 0 saturated carbocycles. The van der Waals surface area contributed by atoms with E-state index in [1.54, 1.807) is 12.1 Å². The van der Waals surface area contributed by atoms with Gasteiger partial charge in [0.05, 0.1) is 13.2 Å². The van der Waals surface area contributed by atoms with Gasteiger partial charge in [0.2, 0.25) is 0 Å². The van der Waals surface area contributed by atoms with Crippen LogP contribution in [0, 0.1) is 6.92 Å². The van der Waals surface area contributed by atoms with Crippen molar-refractivity contribution < 1.29 is 14.6 Å². The highest BCUT2D eigenvalue weighted by Crippen LogP contribution is 2.25. The number of aromatic carboxylic acids is 1. The lowest BCUT2D eigenvalue weighted by Gasteiger charge is -2.10. The predicted molar refractivity (Wildman–Crippen MR) is 90.9 cm³/mol. The molecule has 1 aromatic carbocycles. The zero-order valence-corrected chi connectivity index (χ0v) is 14.0. The Morgan fingerprint density at radius 3 is 2.75 bits per heavy atom. The van der Waals surface area contributed by atoms with E-state index in [4.69, 9.17) is 21.4 Å². The third-order valence-corrected chi connectivity index (χ3v) is 4.02. The molecule has 2 aromatic heterocycles. The Bertz CT molecular complexity index is 921. The van der Waals surface area contributed by atoms with Crippen LogP contribution in [0.5, 0.6) is 5.75 Å². The van der Waals surface area contributed by atoms with E-state index in [2.05, 4.69) is 9.97 Å². The third kappa shape index (κ3) is 3.05. The minimum atomic E-state index is -1.07. The van der Waals surface area contributed by atoms with Crippen molar-refractivity contribution in [3.8, 4) is 5.75 Å². The Balaban J connectivity index is 2.02. The molecule has 0 fully saturated rings. The average molecular weight is 346 g/mol. The summed E-state index contributed by atoms with van der Waals surface area (Å²) in [5, 5.41) is 9.71. The van der Waals surface area contributed by atoms with Gasteiger partial charge in [0, 0.05) is 5.02 Å². The molecule has 24 heavy (non-hydrogen) atoms. The van der Waals surface area contributed by atoms with Crippen LogP contribution in [0.3, 0.4) is 0 Å². The van der Waals surface area contributed by atoms with Gasteiger partial charge in [-0.3, -0.25) is 0 Å². The van der Waals surface area contributed by atoms with Gasteiger partial charge in [-0.25, -0.2) is 14.8 Å². The molecule has 6 nitrogen and oxygen atoms in total. The number of carboxylic acids is 1. The Morgan fingerprint density at radius 2 is 2.08 bits per heavy atom. The van der Waals surface area contributed by atoms with E-state index in [9.17, 15) is 4.79 Å². The molecule has 3 rings (SSSR count). The topological polar surface area (TPSA) is 77.2 Å². The molecule has 7 heteroatoms. The highest BCUT2D eigenvalue weighted by atomic mass is 35.5. The van der Waals surface area contributed by atoms with Crippen LogP contribution in [0.1, 0.15) is 28.8 Å².